The van der Waals surface area contributed by atoms with Crippen molar-refractivity contribution in [3.05, 3.63) is 40.9 Å². The summed E-state index contributed by atoms with van der Waals surface area (Å²) in [7, 11) is -0.299. The second-order valence-corrected chi connectivity index (χ2v) is 6.90. The molecule has 0 N–H and O–H groups in total. The predicted octanol–water partition coefficient (Wildman–Crippen LogP) is 3.90. The number of hydrogen-bond acceptors (Lipinski definition) is 2. The summed E-state index contributed by atoms with van der Waals surface area (Å²) in [5.74, 6) is 0. The third-order valence-corrected chi connectivity index (χ3v) is 4.41. The first-order chi connectivity index (χ1) is 9.46. The zero-order valence-corrected chi connectivity index (χ0v) is 13.6. The lowest BCUT2D eigenvalue weighted by atomic mass is 9.73. The van der Waals surface area contributed by atoms with Crippen LogP contribution in [0.15, 0.2) is 40.9 Å². The lowest BCUT2D eigenvalue weighted by Crippen LogP contribution is -2.51. The molecule has 2 nitrogen and oxygen atoms in total. The molecule has 1 heterocycles. The van der Waals surface area contributed by atoms with Crippen molar-refractivity contribution in [1.82, 2.24) is 0 Å². The average molecular weight is 333 g/mol. The van der Waals surface area contributed by atoms with Crippen molar-refractivity contribution in [2.24, 2.45) is 0 Å². The van der Waals surface area contributed by atoms with Gasteiger partial charge in [0.25, 0.3) is 0 Å². The molecule has 0 radical (unpaired) electrons. The molecule has 20 heavy (non-hydrogen) atoms. The fourth-order valence-electron chi connectivity index (χ4n) is 2.94. The molecule has 0 bridgehead atoms. The first-order valence-corrected chi connectivity index (χ1v) is 7.76. The Labute approximate surface area is 128 Å². The molecule has 0 saturated carbocycles. The average Bonchev–Trinajstić information content (AvgIpc) is 2.37. The minimum atomic E-state index is -0.299. The van der Waals surface area contributed by atoms with Crippen LogP contribution in [0.1, 0.15) is 27.2 Å². The number of benzene rings is 2. The summed E-state index contributed by atoms with van der Waals surface area (Å²) >= 11 is 3.61. The molecule has 4 heteroatoms. The van der Waals surface area contributed by atoms with Gasteiger partial charge in [0, 0.05) is 10.6 Å². The Morgan fingerprint density at radius 3 is 2.55 bits per heavy atom. The number of rotatable bonds is 1. The molecule has 0 aliphatic carbocycles. The predicted molar refractivity (Wildman–Crippen MR) is 87.4 cm³/mol. The summed E-state index contributed by atoms with van der Waals surface area (Å²) in [4.78, 5) is 0. The van der Waals surface area contributed by atoms with Crippen molar-refractivity contribution in [1.29, 1.82) is 0 Å². The highest BCUT2D eigenvalue weighted by Crippen LogP contribution is 2.28. The summed E-state index contributed by atoms with van der Waals surface area (Å²) < 4.78 is 13.3. The molecular weight excluding hydrogens is 315 g/mol. The van der Waals surface area contributed by atoms with Crippen molar-refractivity contribution in [3.8, 4) is 0 Å². The lowest BCUT2D eigenvalue weighted by Gasteiger charge is -2.38. The van der Waals surface area contributed by atoms with Crippen LogP contribution < -0.4 is 5.46 Å². The van der Waals surface area contributed by atoms with Gasteiger partial charge in [-0.25, -0.2) is 0 Å². The van der Waals surface area contributed by atoms with E-state index in [9.17, 15) is 0 Å². The smallest absolute Gasteiger partial charge is 0.405 e. The SMILES string of the molecule is C[C@H]1CC(C)(C)OB(c2ccc(Br)c3ccccc23)O1. The van der Waals surface area contributed by atoms with Gasteiger partial charge in [0.15, 0.2) is 0 Å². The largest absolute Gasteiger partial charge is 0.495 e. The van der Waals surface area contributed by atoms with Gasteiger partial charge in [0.05, 0.1) is 5.60 Å². The van der Waals surface area contributed by atoms with Gasteiger partial charge < -0.3 is 9.31 Å². The Bertz CT molecular complexity index is 641. The second kappa shape index (κ2) is 5.17. The van der Waals surface area contributed by atoms with E-state index in [1.54, 1.807) is 0 Å². The Balaban J connectivity index is 2.08. The highest BCUT2D eigenvalue weighted by Gasteiger charge is 2.38. The molecular formula is C16H18BBrO2. The highest BCUT2D eigenvalue weighted by molar-refractivity contribution is 9.10. The molecule has 0 spiro atoms. The summed E-state index contributed by atoms with van der Waals surface area (Å²) in [6, 6.07) is 12.5. The van der Waals surface area contributed by atoms with E-state index in [1.165, 1.54) is 10.8 Å². The second-order valence-electron chi connectivity index (χ2n) is 6.04. The van der Waals surface area contributed by atoms with Crippen LogP contribution in [0, 0.1) is 0 Å². The van der Waals surface area contributed by atoms with Crippen LogP contribution in [0.2, 0.25) is 0 Å². The van der Waals surface area contributed by atoms with Gasteiger partial charge >= 0.3 is 7.12 Å². The molecule has 1 fully saturated rings. The van der Waals surface area contributed by atoms with Crippen molar-refractivity contribution in [2.45, 2.75) is 38.9 Å². The van der Waals surface area contributed by atoms with Gasteiger partial charge in [-0.3, -0.25) is 0 Å². The molecule has 1 atom stereocenters. The molecule has 0 amide bonds. The standard InChI is InChI=1S/C16H18BBrO2/c1-11-10-16(2,3)20-17(19-11)14-8-9-15(18)13-7-5-4-6-12(13)14/h4-9,11H,10H2,1-3H3/t11-/m0/s1. The first-order valence-electron chi connectivity index (χ1n) is 6.97. The lowest BCUT2D eigenvalue weighted by molar-refractivity contribution is -0.0228. The Morgan fingerprint density at radius 1 is 1.15 bits per heavy atom. The van der Waals surface area contributed by atoms with Crippen molar-refractivity contribution in [3.63, 3.8) is 0 Å². The van der Waals surface area contributed by atoms with Gasteiger partial charge in [0.1, 0.15) is 0 Å². The Morgan fingerprint density at radius 2 is 1.85 bits per heavy atom. The van der Waals surface area contributed by atoms with Crippen LogP contribution in [0.25, 0.3) is 10.8 Å². The van der Waals surface area contributed by atoms with E-state index in [0.29, 0.717) is 0 Å². The number of hydrogen-bond donors (Lipinski definition) is 0. The maximum absolute atomic E-state index is 6.14. The molecule has 2 aromatic carbocycles. The molecule has 3 rings (SSSR count). The first kappa shape index (κ1) is 14.1. The molecule has 104 valence electrons. The fraction of sp³-hybridized carbons (Fsp3) is 0.375. The van der Waals surface area contributed by atoms with E-state index in [1.807, 2.05) is 6.07 Å². The van der Waals surface area contributed by atoms with E-state index >= 15 is 0 Å². The number of fused-ring (bicyclic) bond motifs is 1. The van der Waals surface area contributed by atoms with E-state index in [4.69, 9.17) is 9.31 Å². The van der Waals surface area contributed by atoms with Crippen LogP contribution in [-0.2, 0) is 9.31 Å². The summed E-state index contributed by atoms with van der Waals surface area (Å²) in [6.07, 6.45) is 1.11. The van der Waals surface area contributed by atoms with Gasteiger partial charge in [0.2, 0.25) is 0 Å². The Kier molecular flexibility index (Phi) is 3.65. The van der Waals surface area contributed by atoms with E-state index in [0.717, 1.165) is 16.4 Å². The van der Waals surface area contributed by atoms with Crippen LogP contribution in [-0.4, -0.2) is 18.8 Å². The van der Waals surface area contributed by atoms with Crippen LogP contribution in [0.4, 0.5) is 0 Å². The van der Waals surface area contributed by atoms with E-state index in [2.05, 4.69) is 67.0 Å². The molecule has 0 aromatic heterocycles. The Hall–Kier alpha value is -0.835. The molecule has 0 unspecified atom stereocenters. The summed E-state index contributed by atoms with van der Waals surface area (Å²) in [5.41, 5.74) is 0.944. The molecule has 1 aliphatic heterocycles. The van der Waals surface area contributed by atoms with E-state index < -0.39 is 0 Å². The summed E-state index contributed by atoms with van der Waals surface area (Å²) in [5, 5.41) is 2.37. The molecule has 1 saturated heterocycles. The quantitative estimate of drug-likeness (QED) is 0.737. The maximum Gasteiger partial charge on any atom is 0.495 e. The van der Waals surface area contributed by atoms with E-state index in [-0.39, 0.29) is 18.8 Å². The maximum atomic E-state index is 6.14. The highest BCUT2D eigenvalue weighted by atomic mass is 79.9. The van der Waals surface area contributed by atoms with Gasteiger partial charge in [-0.05, 0) is 49.5 Å². The van der Waals surface area contributed by atoms with Crippen molar-refractivity contribution >= 4 is 39.3 Å². The zero-order valence-electron chi connectivity index (χ0n) is 12.0. The van der Waals surface area contributed by atoms with Crippen LogP contribution in [0.3, 0.4) is 0 Å². The minimum Gasteiger partial charge on any atom is -0.405 e. The zero-order chi connectivity index (χ0) is 14.3. The van der Waals surface area contributed by atoms with Gasteiger partial charge in [-0.2, -0.15) is 0 Å². The topological polar surface area (TPSA) is 18.5 Å². The van der Waals surface area contributed by atoms with Crippen molar-refractivity contribution in [2.75, 3.05) is 0 Å². The third-order valence-electron chi connectivity index (χ3n) is 3.72. The van der Waals surface area contributed by atoms with Gasteiger partial charge in [-0.15, -0.1) is 0 Å². The fourth-order valence-corrected chi connectivity index (χ4v) is 3.42. The molecule has 1 aliphatic rings. The molecule has 2 aromatic rings. The monoisotopic (exact) mass is 332 g/mol. The normalized spacial score (nSPS) is 22.2. The van der Waals surface area contributed by atoms with Gasteiger partial charge in [-0.1, -0.05) is 46.3 Å². The number of halogens is 1. The third kappa shape index (κ3) is 2.65. The van der Waals surface area contributed by atoms with Crippen LogP contribution in [0.5, 0.6) is 0 Å². The van der Waals surface area contributed by atoms with Crippen molar-refractivity contribution < 1.29 is 9.31 Å². The minimum absolute atomic E-state index is 0.156. The van der Waals surface area contributed by atoms with Crippen LogP contribution >= 0.6 is 15.9 Å². The summed E-state index contributed by atoms with van der Waals surface area (Å²) in [6.45, 7) is 6.36.